The lowest BCUT2D eigenvalue weighted by Crippen LogP contribution is -2.61. The van der Waals surface area contributed by atoms with Gasteiger partial charge in [0.25, 0.3) is 0 Å². The van der Waals surface area contributed by atoms with Crippen LogP contribution in [-0.2, 0) is 9.59 Å². The van der Waals surface area contributed by atoms with Crippen molar-refractivity contribution in [3.8, 4) is 0 Å². The second kappa shape index (κ2) is 6.07. The molecule has 1 saturated heterocycles. The van der Waals surface area contributed by atoms with Crippen molar-refractivity contribution in [2.24, 2.45) is 16.6 Å². The van der Waals surface area contributed by atoms with E-state index in [0.29, 0.717) is 17.7 Å². The van der Waals surface area contributed by atoms with Crippen molar-refractivity contribution >= 4 is 30.0 Å². The van der Waals surface area contributed by atoms with Crippen LogP contribution in [0, 0.1) is 5.92 Å². The van der Waals surface area contributed by atoms with Crippen LogP contribution < -0.4 is 5.73 Å². The number of nitrogens with zero attached hydrogens (tertiary/aromatic N) is 2. The van der Waals surface area contributed by atoms with E-state index < -0.39 is 18.0 Å². The summed E-state index contributed by atoms with van der Waals surface area (Å²) in [5, 5.41) is 18.9. The number of carbonyl (C=O) groups excluding carboxylic acids is 1. The Hall–Kier alpha value is -1.54. The highest BCUT2D eigenvalue weighted by Gasteiger charge is 2.56. The van der Waals surface area contributed by atoms with Crippen LogP contribution in [-0.4, -0.2) is 50.8 Å². The van der Waals surface area contributed by atoms with Crippen LogP contribution in [0.3, 0.4) is 0 Å². The molecule has 0 aliphatic carbocycles. The van der Waals surface area contributed by atoms with Gasteiger partial charge in [-0.05, 0) is 13.3 Å². The number of rotatable bonds is 6. The van der Waals surface area contributed by atoms with Gasteiger partial charge in [0, 0.05) is 11.3 Å². The number of aliphatic hydroxyl groups excluding tert-OH is 1. The molecule has 2 heterocycles. The van der Waals surface area contributed by atoms with Gasteiger partial charge in [-0.1, -0.05) is 6.92 Å². The number of aliphatic imine (C=N–C) groups is 1. The molecule has 1 amide bonds. The van der Waals surface area contributed by atoms with E-state index in [1.165, 1.54) is 23.0 Å². The van der Waals surface area contributed by atoms with Gasteiger partial charge in [0.15, 0.2) is 0 Å². The molecule has 2 aliphatic rings. The second-order valence-corrected chi connectivity index (χ2v) is 6.37. The van der Waals surface area contributed by atoms with E-state index in [-0.39, 0.29) is 23.0 Å². The number of carboxylic acid groups (broad SMARTS) is 1. The van der Waals surface area contributed by atoms with Crippen LogP contribution >= 0.6 is 11.8 Å². The van der Waals surface area contributed by atoms with Crippen molar-refractivity contribution in [3.63, 3.8) is 0 Å². The first kappa shape index (κ1) is 15.8. The summed E-state index contributed by atoms with van der Waals surface area (Å²) in [7, 11) is 0. The molecule has 116 valence electrons. The first-order valence-electron chi connectivity index (χ1n) is 6.79. The average molecular weight is 313 g/mol. The van der Waals surface area contributed by atoms with Crippen molar-refractivity contribution in [1.29, 1.82) is 0 Å². The Kier molecular flexibility index (Phi) is 4.58. The normalized spacial score (nSPS) is 27.8. The maximum Gasteiger partial charge on any atom is 0.353 e. The minimum atomic E-state index is -1.12. The first-order chi connectivity index (χ1) is 9.92. The highest BCUT2D eigenvalue weighted by Crippen LogP contribution is 2.48. The fourth-order valence-electron chi connectivity index (χ4n) is 2.82. The molecule has 8 heteroatoms. The number of nitrogens with two attached hydrogens (primary N) is 1. The molecule has 4 atom stereocenters. The van der Waals surface area contributed by atoms with Crippen LogP contribution in [0.1, 0.15) is 26.7 Å². The Balaban J connectivity index is 2.24. The third kappa shape index (κ3) is 2.65. The number of hydrogen-bond acceptors (Lipinski definition) is 5. The molecule has 0 saturated carbocycles. The van der Waals surface area contributed by atoms with E-state index in [2.05, 4.69) is 4.99 Å². The summed E-state index contributed by atoms with van der Waals surface area (Å²) in [6.07, 6.45) is 1.58. The van der Waals surface area contributed by atoms with Crippen molar-refractivity contribution < 1.29 is 19.8 Å². The Labute approximate surface area is 126 Å². The van der Waals surface area contributed by atoms with Crippen LogP contribution in [0.15, 0.2) is 15.6 Å². The van der Waals surface area contributed by atoms with Crippen molar-refractivity contribution in [2.45, 2.75) is 44.2 Å². The Bertz CT molecular complexity index is 518. The lowest BCUT2D eigenvalue weighted by molar-refractivity contribution is -0.161. The van der Waals surface area contributed by atoms with Gasteiger partial charge >= 0.3 is 5.97 Å². The van der Waals surface area contributed by atoms with Gasteiger partial charge in [-0.2, -0.15) is 0 Å². The van der Waals surface area contributed by atoms with Gasteiger partial charge in [-0.3, -0.25) is 9.79 Å². The molecule has 0 radical (unpaired) electrons. The zero-order valence-corrected chi connectivity index (χ0v) is 12.7. The van der Waals surface area contributed by atoms with E-state index >= 15 is 0 Å². The van der Waals surface area contributed by atoms with E-state index in [1.54, 1.807) is 6.92 Å². The molecule has 0 spiro atoms. The maximum absolute atomic E-state index is 12.0. The molecule has 1 fully saturated rings. The fraction of sp³-hybridized carbons (Fsp3) is 0.615. The van der Waals surface area contributed by atoms with Gasteiger partial charge in [-0.15, -0.1) is 11.8 Å². The van der Waals surface area contributed by atoms with E-state index in [4.69, 9.17) is 5.73 Å². The zero-order chi connectivity index (χ0) is 15.7. The number of aliphatic hydroxyl groups is 1. The van der Waals surface area contributed by atoms with Crippen LogP contribution in [0.4, 0.5) is 0 Å². The third-order valence-electron chi connectivity index (χ3n) is 3.77. The SMILES string of the molecule is CC[C@H](/N=C/N)SC1=C(C(=O)O)N2C(=O)[C@H]([C@@H](C)O)[C@H]2C1. The summed E-state index contributed by atoms with van der Waals surface area (Å²) >= 11 is 1.32. The average Bonchev–Trinajstić information content (AvgIpc) is 2.72. The highest BCUT2D eigenvalue weighted by atomic mass is 32.2. The molecule has 0 bridgehead atoms. The molecular weight excluding hydrogens is 294 g/mol. The molecule has 21 heavy (non-hydrogen) atoms. The van der Waals surface area contributed by atoms with Gasteiger partial charge in [0.05, 0.1) is 24.4 Å². The van der Waals surface area contributed by atoms with Crippen molar-refractivity contribution in [2.75, 3.05) is 0 Å². The minimum absolute atomic E-state index is 0.0255. The minimum Gasteiger partial charge on any atom is -0.477 e. The van der Waals surface area contributed by atoms with E-state index in [0.717, 1.165) is 0 Å². The molecule has 0 unspecified atom stereocenters. The maximum atomic E-state index is 12.0. The second-order valence-electron chi connectivity index (χ2n) is 5.10. The van der Waals surface area contributed by atoms with Crippen molar-refractivity contribution in [3.05, 3.63) is 10.6 Å². The van der Waals surface area contributed by atoms with Crippen LogP contribution in [0.25, 0.3) is 0 Å². The quantitative estimate of drug-likeness (QED) is 0.370. The van der Waals surface area contributed by atoms with E-state index in [1.807, 2.05) is 6.92 Å². The first-order valence-corrected chi connectivity index (χ1v) is 7.67. The Morgan fingerprint density at radius 2 is 2.33 bits per heavy atom. The van der Waals surface area contributed by atoms with Gasteiger partial charge in [0.2, 0.25) is 5.91 Å². The molecular formula is C13H19N3O4S. The predicted octanol–water partition coefficient (Wildman–Crippen LogP) is 0.350. The standard InChI is InChI=1S/C13H19N3O4S/c1-3-9(15-5-14)21-8-4-7-10(6(2)17)12(18)16(7)11(8)13(19)20/h5-7,9-10,17H,3-4H2,1-2H3,(H2,14,15)(H,19,20)/t6-,7-,9-,10-/m1/s1. The predicted molar refractivity (Wildman–Crippen MR) is 79.4 cm³/mol. The molecule has 2 rings (SSSR count). The summed E-state index contributed by atoms with van der Waals surface area (Å²) in [6, 6.07) is -0.259. The summed E-state index contributed by atoms with van der Waals surface area (Å²) in [5.74, 6) is -1.96. The van der Waals surface area contributed by atoms with Gasteiger partial charge in [0.1, 0.15) is 11.1 Å². The molecule has 0 aromatic carbocycles. The number of hydrogen-bond donors (Lipinski definition) is 3. The summed E-state index contributed by atoms with van der Waals surface area (Å²) in [5.41, 5.74) is 5.32. The Morgan fingerprint density at radius 1 is 1.67 bits per heavy atom. The number of aliphatic carboxylic acids is 1. The number of carboxylic acids is 1. The number of fused-ring (bicyclic) bond motifs is 1. The van der Waals surface area contributed by atoms with Crippen LogP contribution in [0.2, 0.25) is 0 Å². The lowest BCUT2D eigenvalue weighted by atomic mass is 9.83. The largest absolute Gasteiger partial charge is 0.477 e. The summed E-state index contributed by atoms with van der Waals surface area (Å²) in [4.78, 5) is 29.5. The third-order valence-corrected chi connectivity index (χ3v) is 5.14. The molecule has 4 N–H and O–H groups in total. The number of β-lactam (4-membered cyclic amide) rings is 1. The topological polar surface area (TPSA) is 116 Å². The zero-order valence-electron chi connectivity index (χ0n) is 11.9. The molecule has 0 aromatic heterocycles. The lowest BCUT2D eigenvalue weighted by Gasteiger charge is -2.44. The molecule has 7 nitrogen and oxygen atoms in total. The molecule has 0 aromatic rings. The number of thioether (sulfide) groups is 1. The summed E-state index contributed by atoms with van der Waals surface area (Å²) in [6.45, 7) is 3.48. The highest BCUT2D eigenvalue weighted by molar-refractivity contribution is 8.03. The summed E-state index contributed by atoms with van der Waals surface area (Å²) < 4.78 is 0. The fourth-order valence-corrected chi connectivity index (χ4v) is 4.01. The number of carbonyl (C=O) groups is 2. The van der Waals surface area contributed by atoms with Crippen molar-refractivity contribution in [1.82, 2.24) is 4.90 Å². The van der Waals surface area contributed by atoms with Crippen LogP contribution in [0.5, 0.6) is 0 Å². The Morgan fingerprint density at radius 3 is 2.81 bits per heavy atom. The van der Waals surface area contributed by atoms with E-state index in [9.17, 15) is 19.8 Å². The van der Waals surface area contributed by atoms with Gasteiger partial charge in [-0.25, -0.2) is 4.79 Å². The smallest absolute Gasteiger partial charge is 0.353 e. The van der Waals surface area contributed by atoms with Gasteiger partial charge < -0.3 is 20.8 Å². The molecule has 2 aliphatic heterocycles. The number of amides is 1. The monoisotopic (exact) mass is 313 g/mol.